The smallest absolute Gasteiger partial charge is 0.344 e. The van der Waals surface area contributed by atoms with Crippen LogP contribution in [-0.4, -0.2) is 37.5 Å². The first-order valence-corrected chi connectivity index (χ1v) is 8.69. The molecule has 0 aliphatic carbocycles. The van der Waals surface area contributed by atoms with Crippen molar-refractivity contribution in [3.63, 3.8) is 0 Å². The van der Waals surface area contributed by atoms with Gasteiger partial charge in [-0.2, -0.15) is 0 Å². The SMILES string of the molecule is COc1cc(C(C)=O)ccc1OCC(=O)OC(C)C(=O)Nc1cccc(C)c1. The average Bonchev–Trinajstić information content (AvgIpc) is 2.66. The number of nitrogens with one attached hydrogen (secondary N) is 1. The van der Waals surface area contributed by atoms with E-state index >= 15 is 0 Å². The number of ketones is 1. The fourth-order valence-electron chi connectivity index (χ4n) is 2.39. The van der Waals surface area contributed by atoms with Gasteiger partial charge in [0.2, 0.25) is 0 Å². The Hall–Kier alpha value is -3.35. The van der Waals surface area contributed by atoms with E-state index < -0.39 is 24.6 Å². The van der Waals surface area contributed by atoms with Gasteiger partial charge in [0, 0.05) is 11.3 Å². The third-order valence-electron chi connectivity index (χ3n) is 3.88. The summed E-state index contributed by atoms with van der Waals surface area (Å²) < 4.78 is 15.7. The number of benzene rings is 2. The van der Waals surface area contributed by atoms with Crippen molar-refractivity contribution in [3.05, 3.63) is 53.6 Å². The van der Waals surface area contributed by atoms with Crippen LogP contribution in [-0.2, 0) is 14.3 Å². The molecule has 0 radical (unpaired) electrons. The fraction of sp³-hybridized carbons (Fsp3) is 0.286. The van der Waals surface area contributed by atoms with Crippen molar-refractivity contribution in [1.29, 1.82) is 0 Å². The van der Waals surface area contributed by atoms with Crippen LogP contribution in [0.1, 0.15) is 29.8 Å². The molecule has 0 saturated carbocycles. The minimum atomic E-state index is -0.987. The van der Waals surface area contributed by atoms with Crippen molar-refractivity contribution in [2.24, 2.45) is 0 Å². The van der Waals surface area contributed by atoms with Crippen LogP contribution < -0.4 is 14.8 Å². The standard InChI is InChI=1S/C21H23NO6/c1-13-6-5-7-17(10-13)22-21(25)15(3)28-20(24)12-27-18-9-8-16(14(2)23)11-19(18)26-4/h5-11,15H,12H2,1-4H3,(H,22,25). The van der Waals surface area contributed by atoms with Gasteiger partial charge in [0.05, 0.1) is 7.11 Å². The second kappa shape index (κ2) is 9.55. The van der Waals surface area contributed by atoms with Gasteiger partial charge in [0.25, 0.3) is 5.91 Å². The third kappa shape index (κ3) is 5.84. The number of methoxy groups -OCH3 is 1. The number of aryl methyl sites for hydroxylation is 1. The Morgan fingerprint density at radius 1 is 1.07 bits per heavy atom. The van der Waals surface area contributed by atoms with E-state index in [-0.39, 0.29) is 5.78 Å². The Morgan fingerprint density at radius 3 is 2.46 bits per heavy atom. The van der Waals surface area contributed by atoms with Crippen LogP contribution in [0.15, 0.2) is 42.5 Å². The number of ether oxygens (including phenoxy) is 3. The molecule has 1 unspecified atom stereocenters. The zero-order chi connectivity index (χ0) is 20.7. The number of hydrogen-bond acceptors (Lipinski definition) is 6. The first kappa shape index (κ1) is 21.0. The van der Waals surface area contributed by atoms with Crippen molar-refractivity contribution >= 4 is 23.3 Å². The van der Waals surface area contributed by atoms with Crippen LogP contribution in [0.2, 0.25) is 0 Å². The fourth-order valence-corrected chi connectivity index (χ4v) is 2.39. The molecule has 1 N–H and O–H groups in total. The molecule has 1 amide bonds. The van der Waals surface area contributed by atoms with Gasteiger partial charge in [0.1, 0.15) is 0 Å². The molecule has 2 rings (SSSR count). The number of Topliss-reactive ketones (excluding diaryl/α,β-unsaturated/α-hetero) is 1. The van der Waals surface area contributed by atoms with E-state index in [0.717, 1.165) is 5.56 Å². The summed E-state index contributed by atoms with van der Waals surface area (Å²) in [6, 6.07) is 11.9. The highest BCUT2D eigenvalue weighted by Gasteiger charge is 2.19. The Kier molecular flexibility index (Phi) is 7.14. The summed E-state index contributed by atoms with van der Waals surface area (Å²) in [5.41, 5.74) is 2.09. The number of rotatable bonds is 8. The average molecular weight is 385 g/mol. The molecule has 2 aromatic carbocycles. The highest BCUT2D eigenvalue weighted by Crippen LogP contribution is 2.28. The molecule has 0 aliphatic rings. The molecule has 0 aliphatic heterocycles. The highest BCUT2D eigenvalue weighted by molar-refractivity contribution is 5.95. The second-order valence-electron chi connectivity index (χ2n) is 6.20. The van der Waals surface area contributed by atoms with Crippen molar-refractivity contribution in [1.82, 2.24) is 0 Å². The normalized spacial score (nSPS) is 11.3. The lowest BCUT2D eigenvalue weighted by atomic mass is 10.1. The van der Waals surface area contributed by atoms with Gasteiger partial charge in [-0.25, -0.2) is 4.79 Å². The van der Waals surface area contributed by atoms with Gasteiger partial charge in [-0.3, -0.25) is 9.59 Å². The molecular weight excluding hydrogens is 362 g/mol. The van der Waals surface area contributed by atoms with Crippen molar-refractivity contribution < 1.29 is 28.6 Å². The van der Waals surface area contributed by atoms with Crippen LogP contribution in [0.3, 0.4) is 0 Å². The predicted molar refractivity (Wildman–Crippen MR) is 104 cm³/mol. The molecule has 7 nitrogen and oxygen atoms in total. The van der Waals surface area contributed by atoms with Crippen molar-refractivity contribution in [2.75, 3.05) is 19.0 Å². The van der Waals surface area contributed by atoms with Crippen LogP contribution in [0.5, 0.6) is 11.5 Å². The summed E-state index contributed by atoms with van der Waals surface area (Å²) in [4.78, 5) is 35.6. The van der Waals surface area contributed by atoms with Crippen molar-refractivity contribution in [3.8, 4) is 11.5 Å². The molecule has 2 aromatic rings. The maximum Gasteiger partial charge on any atom is 0.344 e. The Bertz CT molecular complexity index is 877. The Balaban J connectivity index is 1.89. The van der Waals surface area contributed by atoms with Crippen LogP contribution in [0.25, 0.3) is 0 Å². The molecule has 0 aromatic heterocycles. The van der Waals surface area contributed by atoms with Gasteiger partial charge in [-0.15, -0.1) is 0 Å². The number of anilines is 1. The summed E-state index contributed by atoms with van der Waals surface area (Å²) in [6.45, 7) is 4.42. The monoisotopic (exact) mass is 385 g/mol. The van der Waals surface area contributed by atoms with Gasteiger partial charge in [-0.1, -0.05) is 12.1 Å². The topological polar surface area (TPSA) is 90.9 Å². The molecule has 0 spiro atoms. The largest absolute Gasteiger partial charge is 0.493 e. The van der Waals surface area contributed by atoms with Gasteiger partial charge in [0.15, 0.2) is 30.0 Å². The molecule has 0 fully saturated rings. The number of carbonyl (C=O) groups excluding carboxylic acids is 3. The lowest BCUT2D eigenvalue weighted by Crippen LogP contribution is -2.31. The lowest BCUT2D eigenvalue weighted by molar-refractivity contribution is -0.155. The van der Waals surface area contributed by atoms with E-state index in [2.05, 4.69) is 5.32 Å². The molecule has 1 atom stereocenters. The summed E-state index contributed by atoms with van der Waals surface area (Å²) in [7, 11) is 1.43. The number of amides is 1. The first-order valence-electron chi connectivity index (χ1n) is 8.69. The summed E-state index contributed by atoms with van der Waals surface area (Å²) >= 11 is 0. The van der Waals surface area contributed by atoms with Crippen molar-refractivity contribution in [2.45, 2.75) is 26.9 Å². The molecule has 148 valence electrons. The molecule has 0 heterocycles. The molecule has 0 bridgehead atoms. The molecule has 28 heavy (non-hydrogen) atoms. The quantitative estimate of drug-likeness (QED) is 0.554. The minimum absolute atomic E-state index is 0.113. The third-order valence-corrected chi connectivity index (χ3v) is 3.88. The van der Waals surface area contributed by atoms with Gasteiger partial charge in [-0.05, 0) is 56.7 Å². The molecule has 7 heteroatoms. The zero-order valence-corrected chi connectivity index (χ0v) is 16.3. The van der Waals surface area contributed by atoms with Crippen LogP contribution in [0, 0.1) is 6.92 Å². The number of carbonyl (C=O) groups is 3. The zero-order valence-electron chi connectivity index (χ0n) is 16.3. The summed E-state index contributed by atoms with van der Waals surface area (Å²) in [5, 5.41) is 2.69. The van der Waals surface area contributed by atoms with Crippen LogP contribution in [0.4, 0.5) is 5.69 Å². The highest BCUT2D eigenvalue weighted by atomic mass is 16.6. The first-order chi connectivity index (χ1) is 13.3. The van der Waals surface area contributed by atoms with Gasteiger partial charge < -0.3 is 19.5 Å². The number of esters is 1. The maximum absolute atomic E-state index is 12.2. The second-order valence-corrected chi connectivity index (χ2v) is 6.20. The minimum Gasteiger partial charge on any atom is -0.493 e. The number of hydrogen-bond donors (Lipinski definition) is 1. The van der Waals surface area contributed by atoms with E-state index in [9.17, 15) is 14.4 Å². The van der Waals surface area contributed by atoms with Crippen LogP contribution >= 0.6 is 0 Å². The van der Waals surface area contributed by atoms with E-state index in [1.807, 2.05) is 25.1 Å². The van der Waals surface area contributed by atoms with E-state index in [1.165, 1.54) is 33.1 Å². The lowest BCUT2D eigenvalue weighted by Gasteiger charge is -2.15. The maximum atomic E-state index is 12.2. The summed E-state index contributed by atoms with van der Waals surface area (Å²) in [6.07, 6.45) is -0.987. The van der Waals surface area contributed by atoms with E-state index in [1.54, 1.807) is 12.1 Å². The molecule has 0 saturated heterocycles. The van der Waals surface area contributed by atoms with E-state index in [0.29, 0.717) is 22.7 Å². The molecular formula is C21H23NO6. The Labute approximate surface area is 163 Å². The van der Waals surface area contributed by atoms with Gasteiger partial charge >= 0.3 is 5.97 Å². The predicted octanol–water partition coefficient (Wildman–Crippen LogP) is 3.16. The Morgan fingerprint density at radius 2 is 1.82 bits per heavy atom. The van der Waals surface area contributed by atoms with E-state index in [4.69, 9.17) is 14.2 Å². The summed E-state index contributed by atoms with van der Waals surface area (Å²) in [5.74, 6) is -0.642.